The van der Waals surface area contributed by atoms with Crippen LogP contribution in [0.4, 0.5) is 10.1 Å². The summed E-state index contributed by atoms with van der Waals surface area (Å²) in [5, 5.41) is 2.44. The first-order valence-electron chi connectivity index (χ1n) is 7.33. The van der Waals surface area contributed by atoms with Crippen LogP contribution in [-0.2, 0) is 4.79 Å². The van der Waals surface area contributed by atoms with Gasteiger partial charge in [-0.15, -0.1) is 0 Å². The van der Waals surface area contributed by atoms with Crippen LogP contribution in [0.15, 0.2) is 45.6 Å². The van der Waals surface area contributed by atoms with E-state index in [-0.39, 0.29) is 29.2 Å². The molecule has 0 fully saturated rings. The van der Waals surface area contributed by atoms with Crippen molar-refractivity contribution in [2.75, 3.05) is 5.32 Å². The molecule has 1 amide bonds. The molecule has 2 N–H and O–H groups in total. The Labute approximate surface area is 145 Å². The molecule has 0 unspecified atom stereocenters. The van der Waals surface area contributed by atoms with Crippen molar-refractivity contribution < 1.29 is 18.4 Å². The van der Waals surface area contributed by atoms with Crippen LogP contribution in [-0.4, -0.2) is 16.7 Å². The van der Waals surface area contributed by atoms with Crippen molar-refractivity contribution in [1.29, 1.82) is 0 Å². The second-order valence-corrected chi connectivity index (χ2v) is 5.73. The smallest absolute Gasteiger partial charge is 0.408 e. The maximum atomic E-state index is 13.1. The molecular formula is C17H12ClFN2O4. The highest BCUT2D eigenvalue weighted by Gasteiger charge is 2.12. The number of carbonyl (C=O) groups is 2. The average molecular weight is 363 g/mol. The standard InChI is InChI=1S/C17H12ClFN2O4/c18-11-8-10(2-3-12(11)19)20-16(23)6-5-14(22)9-1-4-13-15(7-9)25-17(24)21-13/h1-4,7-8H,5-6H2,(H,20,23)(H,21,24). The number of halogens is 2. The van der Waals surface area contributed by atoms with E-state index in [2.05, 4.69) is 10.3 Å². The van der Waals surface area contributed by atoms with Crippen LogP contribution in [0.5, 0.6) is 0 Å². The van der Waals surface area contributed by atoms with Gasteiger partial charge in [-0.25, -0.2) is 9.18 Å². The highest BCUT2D eigenvalue weighted by Crippen LogP contribution is 2.20. The van der Waals surface area contributed by atoms with Gasteiger partial charge in [-0.2, -0.15) is 0 Å². The molecule has 1 aromatic heterocycles. The second kappa shape index (κ2) is 6.90. The highest BCUT2D eigenvalue weighted by atomic mass is 35.5. The number of ketones is 1. The molecule has 3 rings (SSSR count). The molecule has 1 heterocycles. The number of rotatable bonds is 5. The molecule has 2 aromatic carbocycles. The van der Waals surface area contributed by atoms with E-state index < -0.39 is 17.5 Å². The van der Waals surface area contributed by atoms with Crippen molar-refractivity contribution in [2.24, 2.45) is 0 Å². The van der Waals surface area contributed by atoms with Gasteiger partial charge in [0.25, 0.3) is 0 Å². The largest absolute Gasteiger partial charge is 0.417 e. The van der Waals surface area contributed by atoms with Crippen LogP contribution >= 0.6 is 11.6 Å². The lowest BCUT2D eigenvalue weighted by atomic mass is 10.1. The van der Waals surface area contributed by atoms with Gasteiger partial charge in [-0.05, 0) is 36.4 Å². The fourth-order valence-corrected chi connectivity index (χ4v) is 2.47. The van der Waals surface area contributed by atoms with Gasteiger partial charge in [0.15, 0.2) is 11.4 Å². The number of Topliss-reactive ketones (excluding diaryl/α,β-unsaturated/α-hetero) is 1. The van der Waals surface area contributed by atoms with Crippen molar-refractivity contribution >= 4 is 40.1 Å². The van der Waals surface area contributed by atoms with Gasteiger partial charge in [0.05, 0.1) is 10.5 Å². The monoisotopic (exact) mass is 362 g/mol. The SMILES string of the molecule is O=C(CCC(=O)c1ccc2[nH]c(=O)oc2c1)Nc1ccc(F)c(Cl)c1. The lowest BCUT2D eigenvalue weighted by Gasteiger charge is -2.06. The number of nitrogens with one attached hydrogen (secondary N) is 2. The van der Waals surface area contributed by atoms with E-state index >= 15 is 0 Å². The molecule has 0 aliphatic rings. The summed E-state index contributed by atoms with van der Waals surface area (Å²) in [4.78, 5) is 37.7. The Balaban J connectivity index is 1.61. The molecule has 0 aliphatic heterocycles. The Morgan fingerprint density at radius 3 is 2.72 bits per heavy atom. The van der Waals surface area contributed by atoms with E-state index in [1.165, 1.54) is 18.2 Å². The van der Waals surface area contributed by atoms with Crippen LogP contribution in [0.1, 0.15) is 23.2 Å². The van der Waals surface area contributed by atoms with E-state index in [0.717, 1.165) is 6.07 Å². The third kappa shape index (κ3) is 3.95. The minimum absolute atomic E-state index is 0.0269. The van der Waals surface area contributed by atoms with E-state index in [0.29, 0.717) is 16.8 Å². The van der Waals surface area contributed by atoms with Gasteiger partial charge in [0.1, 0.15) is 5.82 Å². The van der Waals surface area contributed by atoms with Gasteiger partial charge in [0, 0.05) is 24.1 Å². The fourth-order valence-electron chi connectivity index (χ4n) is 2.29. The zero-order valence-electron chi connectivity index (χ0n) is 12.8. The lowest BCUT2D eigenvalue weighted by Crippen LogP contribution is -2.13. The van der Waals surface area contributed by atoms with E-state index in [4.69, 9.17) is 16.0 Å². The number of aromatic nitrogens is 1. The minimum Gasteiger partial charge on any atom is -0.408 e. The van der Waals surface area contributed by atoms with Gasteiger partial charge in [0.2, 0.25) is 5.91 Å². The van der Waals surface area contributed by atoms with Gasteiger partial charge < -0.3 is 9.73 Å². The molecule has 8 heteroatoms. The number of hydrogen-bond donors (Lipinski definition) is 2. The van der Waals surface area contributed by atoms with Gasteiger partial charge >= 0.3 is 5.76 Å². The Kier molecular flexibility index (Phi) is 4.67. The van der Waals surface area contributed by atoms with E-state index in [1.54, 1.807) is 12.1 Å². The first-order valence-corrected chi connectivity index (χ1v) is 7.71. The minimum atomic E-state index is -0.600. The van der Waals surface area contributed by atoms with Crippen molar-refractivity contribution in [3.8, 4) is 0 Å². The van der Waals surface area contributed by atoms with Crippen molar-refractivity contribution in [1.82, 2.24) is 4.98 Å². The Hall–Kier alpha value is -2.93. The molecule has 0 spiro atoms. The normalized spacial score (nSPS) is 10.8. The first kappa shape index (κ1) is 16.9. The molecule has 0 saturated heterocycles. The van der Waals surface area contributed by atoms with Crippen molar-refractivity contribution in [2.45, 2.75) is 12.8 Å². The Morgan fingerprint density at radius 2 is 1.96 bits per heavy atom. The van der Waals surface area contributed by atoms with Crippen molar-refractivity contribution in [3.05, 3.63) is 63.4 Å². The third-order valence-corrected chi connectivity index (χ3v) is 3.82. The summed E-state index contributed by atoms with van der Waals surface area (Å²) >= 11 is 5.64. The summed E-state index contributed by atoms with van der Waals surface area (Å²) in [6.07, 6.45) is -0.0795. The number of aromatic amines is 1. The molecule has 0 radical (unpaired) electrons. The number of hydrogen-bond acceptors (Lipinski definition) is 4. The topological polar surface area (TPSA) is 92.2 Å². The molecule has 6 nitrogen and oxygen atoms in total. The number of oxazole rings is 1. The zero-order valence-corrected chi connectivity index (χ0v) is 13.5. The maximum Gasteiger partial charge on any atom is 0.417 e. The van der Waals surface area contributed by atoms with Crippen molar-refractivity contribution in [3.63, 3.8) is 0 Å². The molecule has 0 atom stereocenters. The van der Waals surface area contributed by atoms with Crippen LogP contribution in [0, 0.1) is 5.82 Å². The summed E-state index contributed by atoms with van der Waals surface area (Å²) in [5.41, 5.74) is 1.46. The number of benzene rings is 2. The quantitative estimate of drug-likeness (QED) is 0.679. The number of anilines is 1. The van der Waals surface area contributed by atoms with Gasteiger partial charge in [-0.3, -0.25) is 14.6 Å². The highest BCUT2D eigenvalue weighted by molar-refractivity contribution is 6.31. The van der Waals surface area contributed by atoms with Gasteiger partial charge in [-0.1, -0.05) is 11.6 Å². The fraction of sp³-hybridized carbons (Fsp3) is 0.118. The summed E-state index contributed by atoms with van der Waals surface area (Å²) in [7, 11) is 0. The summed E-state index contributed by atoms with van der Waals surface area (Å²) in [6.45, 7) is 0. The number of H-pyrrole nitrogens is 1. The molecule has 3 aromatic rings. The number of carbonyl (C=O) groups excluding carboxylic acids is 2. The maximum absolute atomic E-state index is 13.1. The first-order chi connectivity index (χ1) is 11.9. The molecule has 0 saturated carbocycles. The molecule has 128 valence electrons. The van der Waals surface area contributed by atoms with E-state index in [1.807, 2.05) is 0 Å². The van der Waals surface area contributed by atoms with Crippen LogP contribution < -0.4 is 11.1 Å². The third-order valence-electron chi connectivity index (χ3n) is 3.53. The predicted molar refractivity (Wildman–Crippen MR) is 90.4 cm³/mol. The lowest BCUT2D eigenvalue weighted by molar-refractivity contribution is -0.116. The van der Waals surface area contributed by atoms with Crippen LogP contribution in [0.2, 0.25) is 5.02 Å². The number of amides is 1. The Morgan fingerprint density at radius 1 is 1.16 bits per heavy atom. The average Bonchev–Trinajstić information content (AvgIpc) is 2.95. The molecule has 0 bridgehead atoms. The summed E-state index contributed by atoms with van der Waals surface area (Å²) in [6, 6.07) is 8.37. The summed E-state index contributed by atoms with van der Waals surface area (Å²) < 4.78 is 18.0. The number of fused-ring (bicyclic) bond motifs is 1. The van der Waals surface area contributed by atoms with Crippen LogP contribution in [0.3, 0.4) is 0 Å². The van der Waals surface area contributed by atoms with E-state index in [9.17, 15) is 18.8 Å². The second-order valence-electron chi connectivity index (χ2n) is 5.33. The molecular weight excluding hydrogens is 351 g/mol. The van der Waals surface area contributed by atoms with Crippen LogP contribution in [0.25, 0.3) is 11.1 Å². The summed E-state index contributed by atoms with van der Waals surface area (Å²) in [5.74, 6) is -1.85. The molecule has 0 aliphatic carbocycles. The molecule has 25 heavy (non-hydrogen) atoms. The predicted octanol–water partition coefficient (Wildman–Crippen LogP) is 3.52. The zero-order chi connectivity index (χ0) is 18.0. The Bertz CT molecular complexity index is 1020.